The van der Waals surface area contributed by atoms with Crippen molar-refractivity contribution < 1.29 is 4.79 Å². The van der Waals surface area contributed by atoms with Gasteiger partial charge in [-0.1, -0.05) is 6.92 Å². The lowest BCUT2D eigenvalue weighted by Gasteiger charge is -2.33. The highest BCUT2D eigenvalue weighted by Crippen LogP contribution is 2.25. The van der Waals surface area contributed by atoms with Gasteiger partial charge in [-0.3, -0.25) is 9.48 Å². The van der Waals surface area contributed by atoms with Gasteiger partial charge in [-0.25, -0.2) is 9.97 Å². The van der Waals surface area contributed by atoms with E-state index in [1.165, 1.54) is 0 Å². The highest BCUT2D eigenvalue weighted by Gasteiger charge is 2.24. The zero-order chi connectivity index (χ0) is 17.1. The number of hydrogen-bond donors (Lipinski definition) is 1. The molecule has 2 aromatic heterocycles. The summed E-state index contributed by atoms with van der Waals surface area (Å²) in [5.74, 6) is 1.72. The van der Waals surface area contributed by atoms with Crippen LogP contribution in [0.3, 0.4) is 0 Å². The van der Waals surface area contributed by atoms with Gasteiger partial charge in [-0.05, 0) is 25.8 Å². The van der Waals surface area contributed by atoms with Crippen molar-refractivity contribution in [2.45, 2.75) is 39.2 Å². The van der Waals surface area contributed by atoms with Crippen molar-refractivity contribution >= 4 is 11.7 Å². The molecule has 2 aromatic rings. The van der Waals surface area contributed by atoms with Gasteiger partial charge in [0.25, 0.3) is 5.91 Å². The van der Waals surface area contributed by atoms with Gasteiger partial charge in [0.15, 0.2) is 0 Å². The van der Waals surface area contributed by atoms with Crippen molar-refractivity contribution in [1.29, 1.82) is 0 Å². The molecular formula is C17H24N6O. The van der Waals surface area contributed by atoms with E-state index in [0.29, 0.717) is 5.69 Å². The molecule has 0 aromatic carbocycles. The molecule has 24 heavy (non-hydrogen) atoms. The number of nitrogens with one attached hydrogen (secondary N) is 1. The first-order chi connectivity index (χ1) is 11.6. The number of aromatic nitrogens is 4. The zero-order valence-corrected chi connectivity index (χ0v) is 14.5. The molecule has 3 heterocycles. The summed E-state index contributed by atoms with van der Waals surface area (Å²) in [5.41, 5.74) is 1.46. The Morgan fingerprint density at radius 2 is 2.25 bits per heavy atom. The third-order valence-corrected chi connectivity index (χ3v) is 4.37. The van der Waals surface area contributed by atoms with Crippen molar-refractivity contribution in [3.8, 4) is 0 Å². The monoisotopic (exact) mass is 328 g/mol. The molecule has 1 fully saturated rings. The highest BCUT2D eigenvalue weighted by atomic mass is 16.1. The number of aryl methyl sites for hydroxylation is 2. The number of rotatable bonds is 4. The van der Waals surface area contributed by atoms with Gasteiger partial charge < -0.3 is 10.2 Å². The molecule has 1 amide bonds. The molecule has 3 rings (SSSR count). The van der Waals surface area contributed by atoms with Crippen molar-refractivity contribution in [1.82, 2.24) is 25.1 Å². The van der Waals surface area contributed by atoms with E-state index in [9.17, 15) is 4.79 Å². The van der Waals surface area contributed by atoms with Crippen molar-refractivity contribution in [3.63, 3.8) is 0 Å². The van der Waals surface area contributed by atoms with Crippen LogP contribution in [0.25, 0.3) is 0 Å². The predicted molar refractivity (Wildman–Crippen MR) is 92.2 cm³/mol. The molecule has 1 unspecified atom stereocenters. The van der Waals surface area contributed by atoms with E-state index in [-0.39, 0.29) is 11.9 Å². The molecule has 1 atom stereocenters. The Morgan fingerprint density at radius 1 is 1.42 bits per heavy atom. The molecule has 1 saturated heterocycles. The summed E-state index contributed by atoms with van der Waals surface area (Å²) in [4.78, 5) is 23.1. The normalized spacial score (nSPS) is 17.8. The molecule has 1 aliphatic rings. The first-order valence-electron chi connectivity index (χ1n) is 8.47. The molecule has 128 valence electrons. The second-order valence-corrected chi connectivity index (χ2v) is 6.14. The first-order valence-corrected chi connectivity index (χ1v) is 8.47. The maximum absolute atomic E-state index is 11.7. The quantitative estimate of drug-likeness (QED) is 0.925. The molecule has 7 nitrogen and oxygen atoms in total. The molecule has 7 heteroatoms. The fourth-order valence-corrected chi connectivity index (χ4v) is 3.10. The second kappa shape index (κ2) is 6.98. The van der Waals surface area contributed by atoms with Crippen LogP contribution in [-0.2, 0) is 6.42 Å². The van der Waals surface area contributed by atoms with Gasteiger partial charge in [0, 0.05) is 44.5 Å². The van der Waals surface area contributed by atoms with Crippen LogP contribution >= 0.6 is 0 Å². The minimum absolute atomic E-state index is 0.152. The van der Waals surface area contributed by atoms with E-state index in [1.807, 2.05) is 23.9 Å². The van der Waals surface area contributed by atoms with E-state index < -0.39 is 0 Å². The van der Waals surface area contributed by atoms with Crippen LogP contribution in [-0.4, -0.2) is 45.8 Å². The van der Waals surface area contributed by atoms with E-state index >= 15 is 0 Å². The SMILES string of the molecule is CCc1nc(C)cc(N2CCCC(n3ccc(C(=O)NC)n3)C2)n1. The topological polar surface area (TPSA) is 75.9 Å². The predicted octanol–water partition coefficient (Wildman–Crippen LogP) is 1.75. The van der Waals surface area contributed by atoms with Gasteiger partial charge in [0.1, 0.15) is 17.3 Å². The lowest BCUT2D eigenvalue weighted by atomic mass is 10.1. The third-order valence-electron chi connectivity index (χ3n) is 4.37. The Kier molecular flexibility index (Phi) is 4.78. The molecule has 0 radical (unpaired) electrons. The van der Waals surface area contributed by atoms with Crippen molar-refractivity contribution in [2.24, 2.45) is 0 Å². The van der Waals surface area contributed by atoms with Crippen LogP contribution in [0, 0.1) is 6.92 Å². The number of hydrogen-bond acceptors (Lipinski definition) is 5. The summed E-state index contributed by atoms with van der Waals surface area (Å²) in [6, 6.07) is 4.06. The average molecular weight is 328 g/mol. The minimum atomic E-state index is -0.152. The van der Waals surface area contributed by atoms with E-state index in [4.69, 9.17) is 0 Å². The van der Waals surface area contributed by atoms with E-state index in [1.54, 1.807) is 13.1 Å². The van der Waals surface area contributed by atoms with Gasteiger partial charge in [0.2, 0.25) is 0 Å². The second-order valence-electron chi connectivity index (χ2n) is 6.14. The summed E-state index contributed by atoms with van der Waals surface area (Å²) in [6.45, 7) is 5.91. The molecule has 0 spiro atoms. The summed E-state index contributed by atoms with van der Waals surface area (Å²) < 4.78 is 1.91. The van der Waals surface area contributed by atoms with Gasteiger partial charge in [-0.2, -0.15) is 5.10 Å². The van der Waals surface area contributed by atoms with Gasteiger partial charge in [-0.15, -0.1) is 0 Å². The summed E-state index contributed by atoms with van der Waals surface area (Å²) >= 11 is 0. The number of anilines is 1. The van der Waals surface area contributed by atoms with Crippen LogP contribution in [0.2, 0.25) is 0 Å². The van der Waals surface area contributed by atoms with Crippen LogP contribution in [0.15, 0.2) is 18.3 Å². The van der Waals surface area contributed by atoms with Gasteiger partial charge in [0.05, 0.1) is 6.04 Å². The number of carbonyl (C=O) groups excluding carboxylic acids is 1. The number of piperidine rings is 1. The van der Waals surface area contributed by atoms with Crippen LogP contribution in [0.4, 0.5) is 5.82 Å². The zero-order valence-electron chi connectivity index (χ0n) is 14.5. The Hall–Kier alpha value is -2.44. The van der Waals surface area contributed by atoms with Gasteiger partial charge >= 0.3 is 0 Å². The lowest BCUT2D eigenvalue weighted by molar-refractivity contribution is 0.0957. The third kappa shape index (κ3) is 3.39. The molecule has 1 aliphatic heterocycles. The van der Waals surface area contributed by atoms with Crippen LogP contribution in [0.1, 0.15) is 47.8 Å². The molecular weight excluding hydrogens is 304 g/mol. The Morgan fingerprint density at radius 3 is 3.00 bits per heavy atom. The number of nitrogens with zero attached hydrogens (tertiary/aromatic N) is 5. The highest BCUT2D eigenvalue weighted by molar-refractivity contribution is 5.91. The molecule has 0 saturated carbocycles. The lowest BCUT2D eigenvalue weighted by Crippen LogP contribution is -2.37. The summed E-state index contributed by atoms with van der Waals surface area (Å²) in [6.07, 6.45) is 4.85. The Bertz CT molecular complexity index is 726. The van der Waals surface area contributed by atoms with Crippen molar-refractivity contribution in [2.75, 3.05) is 25.0 Å². The van der Waals surface area contributed by atoms with E-state index in [2.05, 4.69) is 32.2 Å². The molecule has 0 bridgehead atoms. The standard InChI is InChI=1S/C17H24N6O/c1-4-15-19-12(2)10-16(20-15)22-8-5-6-13(11-22)23-9-7-14(21-23)17(24)18-3/h7,9-10,13H,4-6,8,11H2,1-3H3,(H,18,24). The largest absolute Gasteiger partial charge is 0.354 e. The Labute approximate surface area is 142 Å². The van der Waals surface area contributed by atoms with Crippen LogP contribution < -0.4 is 10.2 Å². The summed E-state index contributed by atoms with van der Waals surface area (Å²) in [7, 11) is 1.62. The summed E-state index contributed by atoms with van der Waals surface area (Å²) in [5, 5.41) is 7.04. The minimum Gasteiger partial charge on any atom is -0.354 e. The average Bonchev–Trinajstić information content (AvgIpc) is 3.10. The van der Waals surface area contributed by atoms with Crippen molar-refractivity contribution in [3.05, 3.63) is 35.5 Å². The van der Waals surface area contributed by atoms with E-state index in [0.717, 1.165) is 49.7 Å². The maximum atomic E-state index is 11.7. The maximum Gasteiger partial charge on any atom is 0.271 e. The number of amides is 1. The Balaban J connectivity index is 1.78. The number of carbonyl (C=O) groups is 1. The fraction of sp³-hybridized carbons (Fsp3) is 0.529. The van der Waals surface area contributed by atoms with Crippen LogP contribution in [0.5, 0.6) is 0 Å². The first kappa shape index (κ1) is 16.4. The molecule has 1 N–H and O–H groups in total. The smallest absolute Gasteiger partial charge is 0.271 e. The fourth-order valence-electron chi connectivity index (χ4n) is 3.10. The molecule has 0 aliphatic carbocycles.